The van der Waals surface area contributed by atoms with E-state index in [0.717, 1.165) is 24.9 Å². The fourth-order valence-electron chi connectivity index (χ4n) is 2.44. The van der Waals surface area contributed by atoms with Gasteiger partial charge in [0, 0.05) is 25.6 Å². The van der Waals surface area contributed by atoms with Gasteiger partial charge < -0.3 is 9.64 Å². The topological polar surface area (TPSA) is 12.5 Å². The quantitative estimate of drug-likeness (QED) is 0.672. The van der Waals surface area contributed by atoms with Crippen LogP contribution < -0.4 is 0 Å². The summed E-state index contributed by atoms with van der Waals surface area (Å²) in [5.41, 5.74) is 0. The fourth-order valence-corrected chi connectivity index (χ4v) is 2.70. The van der Waals surface area contributed by atoms with Gasteiger partial charge >= 0.3 is 0 Å². The zero-order chi connectivity index (χ0) is 9.80. The third-order valence-electron chi connectivity index (χ3n) is 3.32. The second-order valence-corrected chi connectivity index (χ2v) is 4.87. The molecular weight excluding hydrogens is 198 g/mol. The molecule has 2 aliphatic heterocycles. The molecule has 2 atom stereocenters. The van der Waals surface area contributed by atoms with Gasteiger partial charge in [0.25, 0.3) is 0 Å². The minimum absolute atomic E-state index is 0.498. The molecule has 0 N–H and O–H groups in total. The molecule has 0 radical (unpaired) electrons. The summed E-state index contributed by atoms with van der Waals surface area (Å²) in [6, 6.07) is 0. The van der Waals surface area contributed by atoms with Gasteiger partial charge in [-0.2, -0.15) is 0 Å². The average Bonchev–Trinajstić information content (AvgIpc) is 2.67. The van der Waals surface area contributed by atoms with Crippen molar-refractivity contribution in [1.82, 2.24) is 4.90 Å². The number of halogens is 1. The van der Waals surface area contributed by atoms with Crippen LogP contribution in [0, 0.1) is 5.92 Å². The summed E-state index contributed by atoms with van der Waals surface area (Å²) in [5, 5.41) is 0. The van der Waals surface area contributed by atoms with E-state index in [-0.39, 0.29) is 0 Å². The lowest BCUT2D eigenvalue weighted by molar-refractivity contribution is -0.00225. The first kappa shape index (κ1) is 10.7. The SMILES string of the molecule is ClCC1CCN(CC2CCCCO2)C1. The van der Waals surface area contributed by atoms with Crippen molar-refractivity contribution >= 4 is 11.6 Å². The zero-order valence-corrected chi connectivity index (χ0v) is 9.51. The predicted molar refractivity (Wildman–Crippen MR) is 58.9 cm³/mol. The molecule has 0 aliphatic carbocycles. The highest BCUT2D eigenvalue weighted by Gasteiger charge is 2.24. The molecule has 3 heteroatoms. The predicted octanol–water partition coefficient (Wildman–Crippen LogP) is 2.12. The molecule has 0 bridgehead atoms. The highest BCUT2D eigenvalue weighted by atomic mass is 35.5. The summed E-state index contributed by atoms with van der Waals surface area (Å²) in [7, 11) is 0. The molecule has 2 unspecified atom stereocenters. The Labute approximate surface area is 91.6 Å². The van der Waals surface area contributed by atoms with E-state index in [2.05, 4.69) is 4.90 Å². The Bertz CT molecular complexity index is 171. The minimum Gasteiger partial charge on any atom is -0.377 e. The molecule has 0 amide bonds. The van der Waals surface area contributed by atoms with Gasteiger partial charge in [-0.3, -0.25) is 0 Å². The lowest BCUT2D eigenvalue weighted by Gasteiger charge is -2.27. The second-order valence-electron chi connectivity index (χ2n) is 4.56. The van der Waals surface area contributed by atoms with Crippen molar-refractivity contribution in [3.05, 3.63) is 0 Å². The maximum Gasteiger partial charge on any atom is 0.0702 e. The van der Waals surface area contributed by atoms with Gasteiger partial charge in [-0.1, -0.05) is 0 Å². The average molecular weight is 218 g/mol. The lowest BCUT2D eigenvalue weighted by Crippen LogP contribution is -2.34. The highest BCUT2D eigenvalue weighted by molar-refractivity contribution is 6.18. The molecule has 0 aromatic carbocycles. The van der Waals surface area contributed by atoms with Gasteiger partial charge in [0.2, 0.25) is 0 Å². The first-order valence-corrected chi connectivity index (χ1v) is 6.32. The van der Waals surface area contributed by atoms with Crippen LogP contribution >= 0.6 is 11.6 Å². The molecule has 14 heavy (non-hydrogen) atoms. The van der Waals surface area contributed by atoms with Crippen LogP contribution in [0.15, 0.2) is 0 Å². The fraction of sp³-hybridized carbons (Fsp3) is 1.00. The molecule has 0 aromatic heterocycles. The van der Waals surface area contributed by atoms with Crippen LogP contribution in [0.25, 0.3) is 0 Å². The van der Waals surface area contributed by atoms with Crippen LogP contribution in [-0.4, -0.2) is 43.1 Å². The maximum atomic E-state index is 5.86. The smallest absolute Gasteiger partial charge is 0.0702 e. The summed E-state index contributed by atoms with van der Waals surface area (Å²) in [6.07, 6.45) is 5.62. The van der Waals surface area contributed by atoms with Crippen LogP contribution in [0.4, 0.5) is 0 Å². The van der Waals surface area contributed by atoms with Crippen LogP contribution in [0.1, 0.15) is 25.7 Å². The Hall–Kier alpha value is 0.210. The third kappa shape index (κ3) is 2.85. The van der Waals surface area contributed by atoms with E-state index in [4.69, 9.17) is 16.3 Å². The van der Waals surface area contributed by atoms with Crippen LogP contribution in [0.3, 0.4) is 0 Å². The van der Waals surface area contributed by atoms with Crippen LogP contribution in [0.2, 0.25) is 0 Å². The van der Waals surface area contributed by atoms with Crippen molar-refractivity contribution in [3.8, 4) is 0 Å². The number of hydrogen-bond acceptors (Lipinski definition) is 2. The Morgan fingerprint density at radius 3 is 2.86 bits per heavy atom. The lowest BCUT2D eigenvalue weighted by atomic mass is 10.1. The summed E-state index contributed by atoms with van der Waals surface area (Å²) in [6.45, 7) is 4.51. The Kier molecular flexibility index (Phi) is 4.09. The number of alkyl halides is 1. The number of rotatable bonds is 3. The summed E-state index contributed by atoms with van der Waals surface area (Å²) in [4.78, 5) is 2.52. The number of hydrogen-bond donors (Lipinski definition) is 0. The van der Waals surface area contributed by atoms with Gasteiger partial charge in [0.1, 0.15) is 0 Å². The molecule has 2 saturated heterocycles. The Morgan fingerprint density at radius 2 is 2.21 bits per heavy atom. The molecule has 2 rings (SSSR count). The first-order valence-electron chi connectivity index (χ1n) is 5.78. The number of likely N-dealkylation sites (tertiary alicyclic amines) is 1. The van der Waals surface area contributed by atoms with Gasteiger partial charge in [-0.05, 0) is 38.1 Å². The van der Waals surface area contributed by atoms with Crippen LogP contribution in [-0.2, 0) is 4.74 Å². The number of ether oxygens (including phenoxy) is 1. The molecule has 2 fully saturated rings. The molecule has 2 aliphatic rings. The first-order chi connectivity index (χ1) is 6.88. The van der Waals surface area contributed by atoms with Crippen molar-refractivity contribution in [2.24, 2.45) is 5.92 Å². The standard InChI is InChI=1S/C11H20ClNO/c12-7-10-4-5-13(8-10)9-11-3-1-2-6-14-11/h10-11H,1-9H2. The summed E-state index contributed by atoms with van der Waals surface area (Å²) < 4.78 is 5.73. The zero-order valence-electron chi connectivity index (χ0n) is 8.75. The maximum absolute atomic E-state index is 5.86. The van der Waals surface area contributed by atoms with Crippen molar-refractivity contribution in [3.63, 3.8) is 0 Å². The van der Waals surface area contributed by atoms with Gasteiger partial charge in [-0.25, -0.2) is 0 Å². The van der Waals surface area contributed by atoms with E-state index < -0.39 is 0 Å². The molecular formula is C11H20ClNO. The van der Waals surface area contributed by atoms with E-state index >= 15 is 0 Å². The molecule has 0 aromatic rings. The molecule has 0 spiro atoms. The molecule has 2 heterocycles. The Balaban J connectivity index is 1.69. The third-order valence-corrected chi connectivity index (χ3v) is 3.76. The molecule has 0 saturated carbocycles. The van der Waals surface area contributed by atoms with Crippen molar-refractivity contribution in [1.29, 1.82) is 0 Å². The van der Waals surface area contributed by atoms with Crippen molar-refractivity contribution in [2.75, 3.05) is 32.1 Å². The highest BCUT2D eigenvalue weighted by Crippen LogP contribution is 2.20. The van der Waals surface area contributed by atoms with E-state index in [1.807, 2.05) is 0 Å². The molecule has 82 valence electrons. The van der Waals surface area contributed by atoms with Crippen molar-refractivity contribution in [2.45, 2.75) is 31.8 Å². The normalized spacial score (nSPS) is 34.9. The van der Waals surface area contributed by atoms with E-state index in [9.17, 15) is 0 Å². The Morgan fingerprint density at radius 1 is 1.29 bits per heavy atom. The van der Waals surface area contributed by atoms with E-state index in [1.54, 1.807) is 0 Å². The summed E-state index contributed by atoms with van der Waals surface area (Å²) >= 11 is 5.86. The van der Waals surface area contributed by atoms with Crippen LogP contribution in [0.5, 0.6) is 0 Å². The summed E-state index contributed by atoms with van der Waals surface area (Å²) in [5.74, 6) is 1.54. The van der Waals surface area contributed by atoms with E-state index in [1.165, 1.54) is 38.8 Å². The second kappa shape index (κ2) is 5.34. The largest absolute Gasteiger partial charge is 0.377 e. The minimum atomic E-state index is 0.498. The van der Waals surface area contributed by atoms with Gasteiger partial charge in [0.15, 0.2) is 0 Å². The molecule has 2 nitrogen and oxygen atoms in total. The van der Waals surface area contributed by atoms with E-state index in [0.29, 0.717) is 6.10 Å². The van der Waals surface area contributed by atoms with Gasteiger partial charge in [0.05, 0.1) is 6.10 Å². The van der Waals surface area contributed by atoms with Crippen molar-refractivity contribution < 1.29 is 4.74 Å². The number of nitrogens with zero attached hydrogens (tertiary/aromatic N) is 1. The monoisotopic (exact) mass is 217 g/mol. The van der Waals surface area contributed by atoms with Gasteiger partial charge in [-0.15, -0.1) is 11.6 Å².